The molecular formula is C18H21Cl2N5O2. The van der Waals surface area contributed by atoms with Crippen molar-refractivity contribution < 1.29 is 9.62 Å². The molecule has 2 rings (SSSR count). The highest BCUT2D eigenvalue weighted by atomic mass is 35.5. The predicted molar refractivity (Wildman–Crippen MR) is 112 cm³/mol. The van der Waals surface area contributed by atoms with Crippen LogP contribution in [0.25, 0.3) is 0 Å². The minimum absolute atomic E-state index is 0.192. The van der Waals surface area contributed by atoms with E-state index in [1.165, 1.54) is 6.21 Å². The van der Waals surface area contributed by atoms with Crippen molar-refractivity contribution in [3.8, 4) is 0 Å². The Morgan fingerprint density at radius 1 is 1.19 bits per heavy atom. The molecule has 0 saturated heterocycles. The van der Waals surface area contributed by atoms with Crippen molar-refractivity contribution in [2.45, 2.75) is 6.92 Å². The van der Waals surface area contributed by atoms with Crippen LogP contribution in [0.15, 0.2) is 62.3 Å². The molecular weight excluding hydrogens is 389 g/mol. The van der Waals surface area contributed by atoms with Crippen LogP contribution in [0.1, 0.15) is 12.7 Å². The molecule has 144 valence electrons. The van der Waals surface area contributed by atoms with Crippen LogP contribution in [0.2, 0.25) is 0 Å². The maximum absolute atomic E-state index is 9.35. The first-order chi connectivity index (χ1) is 13.2. The molecule has 0 unspecified atom stereocenters. The van der Waals surface area contributed by atoms with Crippen molar-refractivity contribution in [3.05, 3.63) is 48.4 Å². The number of amidine groups is 1. The summed E-state index contributed by atoms with van der Waals surface area (Å²) in [5.41, 5.74) is 4.11. The van der Waals surface area contributed by atoms with E-state index in [0.29, 0.717) is 42.0 Å². The molecule has 1 aromatic carbocycles. The van der Waals surface area contributed by atoms with Gasteiger partial charge in [0.05, 0.1) is 18.2 Å². The molecule has 2 N–H and O–H groups in total. The average molecular weight is 410 g/mol. The Kier molecular flexibility index (Phi) is 8.83. The number of benzene rings is 1. The first-order valence-corrected chi connectivity index (χ1v) is 9.32. The Balaban J connectivity index is 2.11. The highest BCUT2D eigenvalue weighted by molar-refractivity contribution is 6.40. The number of hydroxylamine groups is 1. The number of furan rings is 1. The molecule has 0 spiro atoms. The van der Waals surface area contributed by atoms with Gasteiger partial charge >= 0.3 is 0 Å². The number of hydrogen-bond acceptors (Lipinski definition) is 6. The van der Waals surface area contributed by atoms with Crippen molar-refractivity contribution in [2.24, 2.45) is 15.2 Å². The number of halogens is 2. The van der Waals surface area contributed by atoms with E-state index in [1.54, 1.807) is 25.3 Å². The van der Waals surface area contributed by atoms with E-state index in [-0.39, 0.29) is 5.84 Å². The number of nitrogens with zero attached hydrogens (tertiary/aromatic N) is 4. The Hall–Kier alpha value is -2.35. The second kappa shape index (κ2) is 11.4. The van der Waals surface area contributed by atoms with Gasteiger partial charge in [0, 0.05) is 30.5 Å². The maximum atomic E-state index is 9.35. The van der Waals surface area contributed by atoms with Gasteiger partial charge in [-0.2, -0.15) is 10.2 Å². The second-order valence-electron chi connectivity index (χ2n) is 5.40. The zero-order valence-corrected chi connectivity index (χ0v) is 16.4. The number of nitrogens with one attached hydrogen (secondary N) is 1. The van der Waals surface area contributed by atoms with Gasteiger partial charge in [-0.05, 0) is 43.3 Å². The van der Waals surface area contributed by atoms with Gasteiger partial charge in [-0.25, -0.2) is 4.99 Å². The molecule has 9 heteroatoms. The molecule has 0 atom stereocenters. The molecule has 0 aliphatic rings. The first kappa shape index (κ1) is 21.0. The summed E-state index contributed by atoms with van der Waals surface area (Å²) < 4.78 is 5.13. The van der Waals surface area contributed by atoms with Gasteiger partial charge in [-0.3, -0.25) is 10.7 Å². The molecule has 0 amide bonds. The van der Waals surface area contributed by atoms with Crippen LogP contribution in [0.4, 0.5) is 11.4 Å². The van der Waals surface area contributed by atoms with E-state index in [9.17, 15) is 5.21 Å². The summed E-state index contributed by atoms with van der Waals surface area (Å²) in [5, 5.41) is 17.3. The third-order valence-electron chi connectivity index (χ3n) is 3.55. The number of aliphatic imine (C=N–C) groups is 1. The van der Waals surface area contributed by atoms with Crippen molar-refractivity contribution in [3.63, 3.8) is 0 Å². The average Bonchev–Trinajstić information content (AvgIpc) is 3.20. The topological polar surface area (TPSA) is 85.7 Å². The lowest BCUT2D eigenvalue weighted by Crippen LogP contribution is -2.27. The SMILES string of the molecule is C/C(=N\N=C\c1ccco1)C(=Nc1ccc(N(CCCl)CCCl)cc1)NO. The smallest absolute Gasteiger partial charge is 0.173 e. The molecule has 1 aromatic heterocycles. The van der Waals surface area contributed by atoms with Crippen molar-refractivity contribution in [1.82, 2.24) is 5.48 Å². The summed E-state index contributed by atoms with van der Waals surface area (Å²) in [6, 6.07) is 11.0. The van der Waals surface area contributed by atoms with Gasteiger partial charge in [0.1, 0.15) is 11.5 Å². The fourth-order valence-corrected chi connectivity index (χ4v) is 2.62. The molecule has 0 saturated carbocycles. The Bertz CT molecular complexity index is 768. The minimum Gasteiger partial charge on any atom is -0.463 e. The van der Waals surface area contributed by atoms with Gasteiger partial charge < -0.3 is 9.32 Å². The first-order valence-electron chi connectivity index (χ1n) is 8.25. The Morgan fingerprint density at radius 3 is 2.44 bits per heavy atom. The summed E-state index contributed by atoms with van der Waals surface area (Å²) in [4.78, 5) is 6.43. The summed E-state index contributed by atoms with van der Waals surface area (Å²) >= 11 is 11.7. The molecule has 0 aliphatic carbocycles. The number of alkyl halides is 2. The highest BCUT2D eigenvalue weighted by Crippen LogP contribution is 2.20. The van der Waals surface area contributed by atoms with E-state index in [4.69, 9.17) is 27.6 Å². The lowest BCUT2D eigenvalue weighted by Gasteiger charge is -2.22. The molecule has 27 heavy (non-hydrogen) atoms. The summed E-state index contributed by atoms with van der Waals surface area (Å²) in [6.07, 6.45) is 3.01. The second-order valence-corrected chi connectivity index (χ2v) is 6.15. The predicted octanol–water partition coefficient (Wildman–Crippen LogP) is 4.07. The third-order valence-corrected chi connectivity index (χ3v) is 3.89. The van der Waals surface area contributed by atoms with Crippen LogP contribution < -0.4 is 10.4 Å². The fourth-order valence-electron chi connectivity index (χ4n) is 2.21. The van der Waals surface area contributed by atoms with E-state index >= 15 is 0 Å². The zero-order chi connectivity index (χ0) is 19.5. The molecule has 0 bridgehead atoms. The summed E-state index contributed by atoms with van der Waals surface area (Å²) in [7, 11) is 0. The number of rotatable bonds is 9. The van der Waals surface area contributed by atoms with E-state index < -0.39 is 0 Å². The lowest BCUT2D eigenvalue weighted by molar-refractivity contribution is 0.236. The third kappa shape index (κ3) is 6.71. The molecule has 0 fully saturated rings. The van der Waals surface area contributed by atoms with Crippen LogP contribution in [0, 0.1) is 0 Å². The quantitative estimate of drug-likeness (QED) is 0.283. The highest BCUT2D eigenvalue weighted by Gasteiger charge is 2.06. The van der Waals surface area contributed by atoms with Gasteiger partial charge in [-0.1, -0.05) is 0 Å². The van der Waals surface area contributed by atoms with Crippen molar-refractivity contribution >= 4 is 52.3 Å². The van der Waals surface area contributed by atoms with Crippen LogP contribution in [0.3, 0.4) is 0 Å². The van der Waals surface area contributed by atoms with Gasteiger partial charge in [-0.15, -0.1) is 23.2 Å². The maximum Gasteiger partial charge on any atom is 0.173 e. The number of hydrogen-bond donors (Lipinski definition) is 2. The standard InChI is InChI=1S/C18H21Cl2N5O2/c1-14(23-21-13-17-3-2-12-27-17)18(24-26)22-15-4-6-16(7-5-15)25(10-8-19)11-9-20/h2-7,12-13,26H,8-11H2,1H3,(H,22,24)/b21-13+,23-14+. The van der Waals surface area contributed by atoms with Crippen molar-refractivity contribution in [2.75, 3.05) is 29.7 Å². The monoisotopic (exact) mass is 409 g/mol. The molecule has 0 radical (unpaired) electrons. The zero-order valence-electron chi connectivity index (χ0n) is 14.8. The minimum atomic E-state index is 0.192. The van der Waals surface area contributed by atoms with Crippen LogP contribution in [-0.2, 0) is 0 Å². The van der Waals surface area contributed by atoms with Crippen LogP contribution in [-0.4, -0.2) is 47.8 Å². The van der Waals surface area contributed by atoms with E-state index in [2.05, 4.69) is 20.1 Å². The van der Waals surface area contributed by atoms with Crippen molar-refractivity contribution in [1.29, 1.82) is 0 Å². The van der Waals surface area contributed by atoms with Crippen LogP contribution in [0.5, 0.6) is 0 Å². The molecule has 0 aliphatic heterocycles. The largest absolute Gasteiger partial charge is 0.463 e. The summed E-state index contributed by atoms with van der Waals surface area (Å²) in [6.45, 7) is 3.10. The van der Waals surface area contributed by atoms with Gasteiger partial charge in [0.15, 0.2) is 5.84 Å². The lowest BCUT2D eigenvalue weighted by atomic mass is 10.2. The fraction of sp³-hybridized carbons (Fsp3) is 0.278. The molecule has 2 aromatic rings. The Labute approximate surface area is 168 Å². The van der Waals surface area contributed by atoms with Gasteiger partial charge in [0.25, 0.3) is 0 Å². The molecule has 1 heterocycles. The van der Waals surface area contributed by atoms with E-state index in [0.717, 1.165) is 5.69 Å². The van der Waals surface area contributed by atoms with E-state index in [1.807, 2.05) is 29.7 Å². The van der Waals surface area contributed by atoms with Crippen LogP contribution >= 0.6 is 23.2 Å². The Morgan fingerprint density at radius 2 is 1.89 bits per heavy atom. The van der Waals surface area contributed by atoms with Gasteiger partial charge in [0.2, 0.25) is 0 Å². The normalized spacial score (nSPS) is 12.6. The summed E-state index contributed by atoms with van der Waals surface area (Å²) in [5.74, 6) is 1.81. The number of anilines is 1. The molecule has 7 nitrogen and oxygen atoms in total.